The SMILES string of the molecule is Cc1ccc(-c2sc(-c3ccc(Cl)cc3)cc2Br)cc1. The van der Waals surface area contributed by atoms with Crippen LogP contribution in [0.3, 0.4) is 0 Å². The van der Waals surface area contributed by atoms with E-state index < -0.39 is 0 Å². The molecule has 1 aromatic heterocycles. The zero-order chi connectivity index (χ0) is 14.1. The van der Waals surface area contributed by atoms with Crippen molar-refractivity contribution in [3.05, 3.63) is 69.7 Å². The first kappa shape index (κ1) is 13.9. The lowest BCUT2D eigenvalue weighted by atomic mass is 10.1. The van der Waals surface area contributed by atoms with Crippen molar-refractivity contribution >= 4 is 38.9 Å². The molecule has 0 bridgehead atoms. The Hall–Kier alpha value is -1.09. The van der Waals surface area contributed by atoms with Gasteiger partial charge < -0.3 is 0 Å². The van der Waals surface area contributed by atoms with Crippen molar-refractivity contribution in [2.45, 2.75) is 6.92 Å². The largest absolute Gasteiger partial charge is 0.134 e. The summed E-state index contributed by atoms with van der Waals surface area (Å²) in [6.07, 6.45) is 0. The van der Waals surface area contributed by atoms with Crippen molar-refractivity contribution in [2.24, 2.45) is 0 Å². The van der Waals surface area contributed by atoms with Gasteiger partial charge in [-0.2, -0.15) is 0 Å². The van der Waals surface area contributed by atoms with E-state index >= 15 is 0 Å². The molecule has 0 amide bonds. The summed E-state index contributed by atoms with van der Waals surface area (Å²) in [6.45, 7) is 2.10. The van der Waals surface area contributed by atoms with E-state index in [1.165, 1.54) is 26.4 Å². The van der Waals surface area contributed by atoms with Crippen molar-refractivity contribution in [3.63, 3.8) is 0 Å². The number of hydrogen-bond acceptors (Lipinski definition) is 1. The summed E-state index contributed by atoms with van der Waals surface area (Å²) in [6, 6.07) is 18.7. The number of halogens is 2. The molecule has 0 fully saturated rings. The molecular formula is C17H12BrClS. The van der Waals surface area contributed by atoms with Crippen LogP contribution in [-0.4, -0.2) is 0 Å². The number of thiophene rings is 1. The van der Waals surface area contributed by atoms with Crippen LogP contribution in [0, 0.1) is 6.92 Å². The van der Waals surface area contributed by atoms with E-state index in [4.69, 9.17) is 11.6 Å². The zero-order valence-electron chi connectivity index (χ0n) is 10.9. The van der Waals surface area contributed by atoms with Crippen LogP contribution >= 0.6 is 38.9 Å². The van der Waals surface area contributed by atoms with Gasteiger partial charge in [0, 0.05) is 19.2 Å². The molecule has 3 aromatic rings. The van der Waals surface area contributed by atoms with Gasteiger partial charge in [-0.15, -0.1) is 11.3 Å². The van der Waals surface area contributed by atoms with Gasteiger partial charge in [-0.05, 0) is 52.2 Å². The third-order valence-electron chi connectivity index (χ3n) is 3.13. The summed E-state index contributed by atoms with van der Waals surface area (Å²) < 4.78 is 1.14. The fraction of sp³-hybridized carbons (Fsp3) is 0.0588. The highest BCUT2D eigenvalue weighted by Crippen LogP contribution is 2.41. The standard InChI is InChI=1S/C17H12BrClS/c1-11-2-4-13(5-3-11)17-15(18)10-16(20-17)12-6-8-14(19)9-7-12/h2-10H,1H3. The summed E-state index contributed by atoms with van der Waals surface area (Å²) >= 11 is 11.4. The smallest absolute Gasteiger partial charge is 0.0491 e. The molecule has 1 heterocycles. The van der Waals surface area contributed by atoms with E-state index in [0.717, 1.165) is 9.50 Å². The van der Waals surface area contributed by atoms with Crippen LogP contribution in [0.5, 0.6) is 0 Å². The Bertz CT molecular complexity index is 727. The molecule has 0 atom stereocenters. The van der Waals surface area contributed by atoms with Gasteiger partial charge >= 0.3 is 0 Å². The Morgan fingerprint density at radius 3 is 2.15 bits per heavy atom. The van der Waals surface area contributed by atoms with E-state index in [1.54, 1.807) is 11.3 Å². The van der Waals surface area contributed by atoms with Crippen LogP contribution in [0.1, 0.15) is 5.56 Å². The normalized spacial score (nSPS) is 10.8. The minimum absolute atomic E-state index is 0.767. The molecule has 0 spiro atoms. The highest BCUT2D eigenvalue weighted by atomic mass is 79.9. The van der Waals surface area contributed by atoms with Crippen molar-refractivity contribution in [1.82, 2.24) is 0 Å². The first-order valence-electron chi connectivity index (χ1n) is 6.26. The van der Waals surface area contributed by atoms with E-state index in [2.05, 4.69) is 65.3 Å². The lowest BCUT2D eigenvalue weighted by molar-refractivity contribution is 1.47. The predicted octanol–water partition coefficient (Wildman–Crippen LogP) is 6.81. The molecule has 0 nitrogen and oxygen atoms in total. The van der Waals surface area contributed by atoms with Crippen LogP contribution < -0.4 is 0 Å². The van der Waals surface area contributed by atoms with Crippen LogP contribution in [0.15, 0.2) is 59.1 Å². The molecule has 0 aliphatic heterocycles. The molecule has 0 aliphatic rings. The molecule has 3 heteroatoms. The summed E-state index contributed by atoms with van der Waals surface area (Å²) in [7, 11) is 0. The van der Waals surface area contributed by atoms with Crippen molar-refractivity contribution in [3.8, 4) is 20.9 Å². The molecule has 0 aliphatic carbocycles. The summed E-state index contributed by atoms with van der Waals surface area (Å²) in [5.41, 5.74) is 3.71. The number of benzene rings is 2. The average molecular weight is 364 g/mol. The summed E-state index contributed by atoms with van der Waals surface area (Å²) in [5, 5.41) is 0.767. The molecule has 3 rings (SSSR count). The number of rotatable bonds is 2. The number of hydrogen-bond donors (Lipinski definition) is 0. The highest BCUT2D eigenvalue weighted by molar-refractivity contribution is 9.10. The van der Waals surface area contributed by atoms with Crippen molar-refractivity contribution < 1.29 is 0 Å². The fourth-order valence-electron chi connectivity index (χ4n) is 2.03. The van der Waals surface area contributed by atoms with E-state index in [-0.39, 0.29) is 0 Å². The second-order valence-corrected chi connectivity index (χ2v) is 7.00. The van der Waals surface area contributed by atoms with Gasteiger partial charge in [0.05, 0.1) is 0 Å². The topological polar surface area (TPSA) is 0 Å². The van der Waals surface area contributed by atoms with Crippen LogP contribution in [-0.2, 0) is 0 Å². The minimum atomic E-state index is 0.767. The Morgan fingerprint density at radius 1 is 0.900 bits per heavy atom. The molecule has 0 N–H and O–H groups in total. The first-order chi connectivity index (χ1) is 9.63. The molecule has 20 heavy (non-hydrogen) atoms. The third-order valence-corrected chi connectivity index (χ3v) is 5.50. The molecular weight excluding hydrogens is 352 g/mol. The highest BCUT2D eigenvalue weighted by Gasteiger charge is 2.10. The van der Waals surface area contributed by atoms with E-state index in [1.807, 2.05) is 12.1 Å². The van der Waals surface area contributed by atoms with Crippen molar-refractivity contribution in [2.75, 3.05) is 0 Å². The summed E-state index contributed by atoms with van der Waals surface area (Å²) in [5.74, 6) is 0. The molecule has 0 saturated carbocycles. The van der Waals surface area contributed by atoms with Gasteiger partial charge in [0.1, 0.15) is 0 Å². The number of aryl methyl sites for hydroxylation is 1. The Balaban J connectivity index is 2.02. The maximum Gasteiger partial charge on any atom is 0.0491 e. The van der Waals surface area contributed by atoms with Gasteiger partial charge in [0.25, 0.3) is 0 Å². The maximum atomic E-state index is 5.94. The van der Waals surface area contributed by atoms with Crippen LogP contribution in [0.2, 0.25) is 5.02 Å². The Labute approximate surface area is 136 Å². The fourth-order valence-corrected chi connectivity index (χ4v) is 4.07. The Morgan fingerprint density at radius 2 is 1.50 bits per heavy atom. The van der Waals surface area contributed by atoms with Gasteiger partial charge in [0.15, 0.2) is 0 Å². The maximum absolute atomic E-state index is 5.94. The molecule has 100 valence electrons. The van der Waals surface area contributed by atoms with E-state index in [0.29, 0.717) is 0 Å². The average Bonchev–Trinajstić information content (AvgIpc) is 2.82. The van der Waals surface area contributed by atoms with Crippen LogP contribution in [0.4, 0.5) is 0 Å². The van der Waals surface area contributed by atoms with Gasteiger partial charge in [-0.25, -0.2) is 0 Å². The molecule has 0 saturated heterocycles. The van der Waals surface area contributed by atoms with Crippen molar-refractivity contribution in [1.29, 1.82) is 0 Å². The lowest BCUT2D eigenvalue weighted by Crippen LogP contribution is -1.74. The molecule has 0 unspecified atom stereocenters. The second-order valence-electron chi connectivity index (χ2n) is 4.66. The third kappa shape index (κ3) is 2.83. The first-order valence-corrected chi connectivity index (χ1v) is 8.24. The lowest BCUT2D eigenvalue weighted by Gasteiger charge is -2.00. The quantitative estimate of drug-likeness (QED) is 0.469. The molecule has 2 aromatic carbocycles. The minimum Gasteiger partial charge on any atom is -0.134 e. The van der Waals surface area contributed by atoms with Gasteiger partial charge in [-0.3, -0.25) is 0 Å². The van der Waals surface area contributed by atoms with Gasteiger partial charge in [-0.1, -0.05) is 53.6 Å². The van der Waals surface area contributed by atoms with Gasteiger partial charge in [0.2, 0.25) is 0 Å². The second kappa shape index (κ2) is 5.72. The van der Waals surface area contributed by atoms with Crippen LogP contribution in [0.25, 0.3) is 20.9 Å². The zero-order valence-corrected chi connectivity index (χ0v) is 14.0. The molecule has 0 radical (unpaired) electrons. The summed E-state index contributed by atoms with van der Waals surface area (Å²) in [4.78, 5) is 2.50. The monoisotopic (exact) mass is 362 g/mol. The predicted molar refractivity (Wildman–Crippen MR) is 92.6 cm³/mol. The Kier molecular flexibility index (Phi) is 3.97. The van der Waals surface area contributed by atoms with E-state index in [9.17, 15) is 0 Å².